The third-order valence-corrected chi connectivity index (χ3v) is 5.26. The fraction of sp³-hybridized carbons (Fsp3) is 0.875. The summed E-state index contributed by atoms with van der Waals surface area (Å²) in [5.74, 6) is 0.102. The molecule has 4 nitrogen and oxygen atoms in total. The van der Waals surface area contributed by atoms with Crippen molar-refractivity contribution in [3.8, 4) is 0 Å². The Kier molecular flexibility index (Phi) is 4.12. The van der Waals surface area contributed by atoms with E-state index in [2.05, 4.69) is 19.2 Å². The van der Waals surface area contributed by atoms with Crippen LogP contribution in [0, 0.1) is 5.41 Å². The van der Waals surface area contributed by atoms with Gasteiger partial charge in [0.15, 0.2) is 0 Å². The molecule has 1 aliphatic heterocycles. The summed E-state index contributed by atoms with van der Waals surface area (Å²) in [7, 11) is 0. The molecule has 1 saturated carbocycles. The number of carbonyl (C=O) groups excluding carboxylic acids is 2. The maximum atomic E-state index is 12.9. The van der Waals surface area contributed by atoms with Crippen LogP contribution in [0.1, 0.15) is 66.2 Å². The number of hydrogen-bond donors (Lipinski definition) is 1. The Morgan fingerprint density at radius 3 is 2.55 bits per heavy atom. The second-order valence-electron chi connectivity index (χ2n) is 7.23. The van der Waals surface area contributed by atoms with Gasteiger partial charge in [-0.15, -0.1) is 0 Å². The molecule has 2 unspecified atom stereocenters. The topological polar surface area (TPSA) is 49.4 Å². The molecule has 0 aromatic heterocycles. The smallest absolute Gasteiger partial charge is 0.248 e. The molecule has 0 aromatic rings. The number of rotatable bonds is 2. The van der Waals surface area contributed by atoms with E-state index in [4.69, 9.17) is 0 Å². The molecule has 1 saturated heterocycles. The van der Waals surface area contributed by atoms with Crippen LogP contribution in [-0.2, 0) is 9.59 Å². The van der Waals surface area contributed by atoms with Gasteiger partial charge in [0.1, 0.15) is 5.54 Å². The van der Waals surface area contributed by atoms with Crippen LogP contribution in [0.5, 0.6) is 0 Å². The van der Waals surface area contributed by atoms with E-state index >= 15 is 0 Å². The van der Waals surface area contributed by atoms with Crippen molar-refractivity contribution in [3.63, 3.8) is 0 Å². The maximum Gasteiger partial charge on any atom is 0.248 e. The zero-order valence-corrected chi connectivity index (χ0v) is 13.3. The van der Waals surface area contributed by atoms with Crippen molar-refractivity contribution < 1.29 is 9.59 Å². The molecule has 2 fully saturated rings. The molecular weight excluding hydrogens is 252 g/mol. The van der Waals surface area contributed by atoms with Gasteiger partial charge >= 0.3 is 0 Å². The molecule has 1 N–H and O–H groups in total. The molecule has 1 aliphatic carbocycles. The lowest BCUT2D eigenvalue weighted by atomic mass is 9.72. The molecular formula is C16H28N2O2. The van der Waals surface area contributed by atoms with Crippen LogP contribution in [0.3, 0.4) is 0 Å². The first-order chi connectivity index (χ1) is 9.30. The highest BCUT2D eigenvalue weighted by molar-refractivity contribution is 5.93. The first kappa shape index (κ1) is 15.3. The minimum Gasteiger partial charge on any atom is -0.342 e. The molecule has 4 heteroatoms. The highest BCUT2D eigenvalue weighted by Crippen LogP contribution is 2.40. The van der Waals surface area contributed by atoms with Crippen LogP contribution >= 0.6 is 0 Å². The summed E-state index contributed by atoms with van der Waals surface area (Å²) in [5, 5.41) is 2.92. The van der Waals surface area contributed by atoms with E-state index in [0.717, 1.165) is 12.8 Å². The fourth-order valence-corrected chi connectivity index (χ4v) is 3.65. The van der Waals surface area contributed by atoms with Crippen molar-refractivity contribution in [3.05, 3.63) is 0 Å². The number of nitrogens with zero attached hydrogens (tertiary/aromatic N) is 1. The molecule has 114 valence electrons. The Labute approximate surface area is 122 Å². The van der Waals surface area contributed by atoms with Crippen LogP contribution in [0.4, 0.5) is 0 Å². The van der Waals surface area contributed by atoms with Gasteiger partial charge in [-0.05, 0) is 31.6 Å². The summed E-state index contributed by atoms with van der Waals surface area (Å²) in [5.41, 5.74) is -0.586. The summed E-state index contributed by atoms with van der Waals surface area (Å²) in [6.07, 6.45) is 5.71. The normalized spacial score (nSPS) is 34.6. The van der Waals surface area contributed by atoms with E-state index in [9.17, 15) is 9.59 Å². The summed E-state index contributed by atoms with van der Waals surface area (Å²) < 4.78 is 0. The molecule has 2 atom stereocenters. The average molecular weight is 280 g/mol. The third kappa shape index (κ3) is 2.70. The van der Waals surface area contributed by atoms with E-state index < -0.39 is 5.54 Å². The quantitative estimate of drug-likeness (QED) is 0.844. The van der Waals surface area contributed by atoms with Crippen LogP contribution < -0.4 is 5.32 Å². The van der Waals surface area contributed by atoms with Gasteiger partial charge in [-0.2, -0.15) is 0 Å². The predicted octanol–water partition coefficient (Wildman–Crippen LogP) is 2.47. The van der Waals surface area contributed by atoms with Gasteiger partial charge < -0.3 is 10.2 Å². The largest absolute Gasteiger partial charge is 0.342 e. The maximum absolute atomic E-state index is 12.9. The zero-order chi connectivity index (χ0) is 15.0. The van der Waals surface area contributed by atoms with Gasteiger partial charge in [0, 0.05) is 19.0 Å². The van der Waals surface area contributed by atoms with Crippen molar-refractivity contribution in [2.45, 2.75) is 77.8 Å². The van der Waals surface area contributed by atoms with Gasteiger partial charge in [0.05, 0.1) is 0 Å². The van der Waals surface area contributed by atoms with Crippen molar-refractivity contribution in [2.24, 2.45) is 5.41 Å². The highest BCUT2D eigenvalue weighted by Gasteiger charge is 2.45. The lowest BCUT2D eigenvalue weighted by Crippen LogP contribution is -2.59. The van der Waals surface area contributed by atoms with Crippen molar-refractivity contribution in [1.82, 2.24) is 10.2 Å². The van der Waals surface area contributed by atoms with Crippen LogP contribution in [-0.4, -0.2) is 34.8 Å². The molecule has 2 aliphatic rings. The van der Waals surface area contributed by atoms with E-state index in [1.54, 1.807) is 0 Å². The standard InChI is InChI=1S/C16H28N2O2/c1-5-16(4)14(20)18(11-9-13(19)17-16)12-8-6-7-10-15(12,2)3/h12H,5-11H2,1-4H3,(H,17,19). The van der Waals surface area contributed by atoms with Crippen LogP contribution in [0.25, 0.3) is 0 Å². The van der Waals surface area contributed by atoms with Gasteiger partial charge in [-0.1, -0.05) is 33.6 Å². The highest BCUT2D eigenvalue weighted by atomic mass is 16.2. The third-order valence-electron chi connectivity index (χ3n) is 5.26. The summed E-state index contributed by atoms with van der Waals surface area (Å²) in [6, 6.07) is 0.266. The van der Waals surface area contributed by atoms with Crippen LogP contribution in [0.2, 0.25) is 0 Å². The van der Waals surface area contributed by atoms with Crippen molar-refractivity contribution >= 4 is 11.8 Å². The van der Waals surface area contributed by atoms with Crippen molar-refractivity contribution in [2.75, 3.05) is 6.54 Å². The number of hydrogen-bond acceptors (Lipinski definition) is 2. The number of nitrogens with one attached hydrogen (secondary N) is 1. The van der Waals surface area contributed by atoms with E-state index in [-0.39, 0.29) is 23.3 Å². The monoisotopic (exact) mass is 280 g/mol. The summed E-state index contributed by atoms with van der Waals surface area (Å²) in [6.45, 7) is 8.91. The van der Waals surface area contributed by atoms with Gasteiger partial charge in [-0.25, -0.2) is 0 Å². The lowest BCUT2D eigenvalue weighted by molar-refractivity contribution is -0.143. The van der Waals surface area contributed by atoms with E-state index in [1.807, 2.05) is 18.7 Å². The first-order valence-electron chi connectivity index (χ1n) is 7.92. The molecule has 20 heavy (non-hydrogen) atoms. The Morgan fingerprint density at radius 2 is 1.95 bits per heavy atom. The Balaban J connectivity index is 2.29. The van der Waals surface area contributed by atoms with Gasteiger partial charge in [-0.3, -0.25) is 9.59 Å². The average Bonchev–Trinajstić information content (AvgIpc) is 2.49. The summed E-state index contributed by atoms with van der Waals surface area (Å²) in [4.78, 5) is 26.8. The summed E-state index contributed by atoms with van der Waals surface area (Å²) >= 11 is 0. The first-order valence-corrected chi connectivity index (χ1v) is 7.92. The molecule has 2 rings (SSSR count). The Hall–Kier alpha value is -1.06. The number of amides is 2. The Bertz CT molecular complexity index is 405. The minimum atomic E-state index is -0.735. The second kappa shape index (κ2) is 5.38. The second-order valence-corrected chi connectivity index (χ2v) is 7.23. The van der Waals surface area contributed by atoms with Gasteiger partial charge in [0.2, 0.25) is 11.8 Å². The molecule has 1 heterocycles. The van der Waals surface area contributed by atoms with E-state index in [1.165, 1.54) is 12.8 Å². The number of carbonyl (C=O) groups is 2. The molecule has 0 bridgehead atoms. The minimum absolute atomic E-state index is 0.00110. The van der Waals surface area contributed by atoms with Crippen LogP contribution in [0.15, 0.2) is 0 Å². The molecule has 0 aromatic carbocycles. The zero-order valence-electron chi connectivity index (χ0n) is 13.3. The Morgan fingerprint density at radius 1 is 1.25 bits per heavy atom. The molecule has 0 spiro atoms. The van der Waals surface area contributed by atoms with E-state index in [0.29, 0.717) is 19.4 Å². The van der Waals surface area contributed by atoms with Crippen molar-refractivity contribution in [1.29, 1.82) is 0 Å². The van der Waals surface area contributed by atoms with Gasteiger partial charge in [0.25, 0.3) is 0 Å². The molecule has 2 amide bonds. The predicted molar refractivity (Wildman–Crippen MR) is 79.2 cm³/mol. The lowest BCUT2D eigenvalue weighted by Gasteiger charge is -2.46. The SMILES string of the molecule is CCC1(C)NC(=O)CCN(C2CCCCC2(C)C)C1=O. The fourth-order valence-electron chi connectivity index (χ4n) is 3.65. The molecule has 0 radical (unpaired) electrons.